The van der Waals surface area contributed by atoms with E-state index in [-0.39, 0.29) is 24.2 Å². The molecule has 1 aliphatic heterocycles. The van der Waals surface area contributed by atoms with E-state index < -0.39 is 0 Å². The molecule has 2 aromatic rings. The smallest absolute Gasteiger partial charge is 0.227 e. The number of benzene rings is 1. The summed E-state index contributed by atoms with van der Waals surface area (Å²) in [7, 11) is 1.81. The van der Waals surface area contributed by atoms with Gasteiger partial charge in [-0.1, -0.05) is 12.1 Å². The molecule has 5 heteroatoms. The average Bonchev–Trinajstić information content (AvgIpc) is 3.03. The predicted octanol–water partition coefficient (Wildman–Crippen LogP) is 2.75. The Morgan fingerprint density at radius 1 is 1.23 bits per heavy atom. The molecular formula is C21H25N3O2. The molecule has 2 amide bonds. The molecule has 1 aromatic carbocycles. The third-order valence-corrected chi connectivity index (χ3v) is 5.20. The van der Waals surface area contributed by atoms with Gasteiger partial charge in [-0.3, -0.25) is 14.6 Å². The van der Waals surface area contributed by atoms with Gasteiger partial charge in [0.15, 0.2) is 0 Å². The van der Waals surface area contributed by atoms with E-state index >= 15 is 0 Å². The SMILES string of the molecule is Cc1cccc(N2CC(C(=O)N(C)CCc3ccncc3)CC2=O)c1C. The summed E-state index contributed by atoms with van der Waals surface area (Å²) in [6, 6.07) is 9.87. The van der Waals surface area contributed by atoms with Crippen molar-refractivity contribution in [1.29, 1.82) is 0 Å². The Hall–Kier alpha value is -2.69. The molecule has 0 aliphatic carbocycles. The van der Waals surface area contributed by atoms with Crippen molar-refractivity contribution in [3.05, 3.63) is 59.4 Å². The number of aryl methyl sites for hydroxylation is 1. The Morgan fingerprint density at radius 3 is 2.69 bits per heavy atom. The van der Waals surface area contributed by atoms with Crippen molar-refractivity contribution in [2.45, 2.75) is 26.7 Å². The second-order valence-corrected chi connectivity index (χ2v) is 6.99. The highest BCUT2D eigenvalue weighted by Crippen LogP contribution is 2.30. The Morgan fingerprint density at radius 2 is 1.96 bits per heavy atom. The monoisotopic (exact) mass is 351 g/mol. The molecule has 1 unspecified atom stereocenters. The number of pyridine rings is 1. The minimum Gasteiger partial charge on any atom is -0.345 e. The molecule has 2 heterocycles. The summed E-state index contributed by atoms with van der Waals surface area (Å²) in [6.07, 6.45) is 4.58. The Labute approximate surface area is 154 Å². The summed E-state index contributed by atoms with van der Waals surface area (Å²) >= 11 is 0. The van der Waals surface area contributed by atoms with Crippen LogP contribution >= 0.6 is 0 Å². The van der Waals surface area contributed by atoms with E-state index in [1.54, 1.807) is 22.2 Å². The number of anilines is 1. The minimum atomic E-state index is -0.273. The van der Waals surface area contributed by atoms with Crippen molar-refractivity contribution in [2.75, 3.05) is 25.0 Å². The van der Waals surface area contributed by atoms with Crippen LogP contribution in [0.2, 0.25) is 0 Å². The molecule has 1 atom stereocenters. The molecule has 1 aromatic heterocycles. The van der Waals surface area contributed by atoms with Gasteiger partial charge in [-0.2, -0.15) is 0 Å². The number of carbonyl (C=O) groups is 2. The van der Waals surface area contributed by atoms with Crippen molar-refractivity contribution in [2.24, 2.45) is 5.92 Å². The molecule has 0 spiro atoms. The maximum Gasteiger partial charge on any atom is 0.227 e. The zero-order valence-electron chi connectivity index (χ0n) is 15.6. The van der Waals surface area contributed by atoms with Crippen LogP contribution in [0.1, 0.15) is 23.1 Å². The molecule has 0 saturated carbocycles. The van der Waals surface area contributed by atoms with E-state index in [1.165, 1.54) is 0 Å². The van der Waals surface area contributed by atoms with Crippen LogP contribution in [0.15, 0.2) is 42.7 Å². The third kappa shape index (κ3) is 3.77. The van der Waals surface area contributed by atoms with Gasteiger partial charge in [-0.25, -0.2) is 0 Å². The van der Waals surface area contributed by atoms with E-state index in [0.717, 1.165) is 28.8 Å². The zero-order chi connectivity index (χ0) is 18.7. The summed E-state index contributed by atoms with van der Waals surface area (Å²) in [6.45, 7) is 5.15. The summed E-state index contributed by atoms with van der Waals surface area (Å²) in [5, 5.41) is 0. The number of hydrogen-bond acceptors (Lipinski definition) is 3. The number of amides is 2. The summed E-state index contributed by atoms with van der Waals surface area (Å²) < 4.78 is 0. The van der Waals surface area contributed by atoms with Crippen molar-refractivity contribution in [3.8, 4) is 0 Å². The molecule has 1 saturated heterocycles. The highest BCUT2D eigenvalue weighted by molar-refractivity contribution is 6.00. The molecule has 0 bridgehead atoms. The number of likely N-dealkylation sites (N-methyl/N-ethyl adjacent to an activating group) is 1. The van der Waals surface area contributed by atoms with Gasteiger partial charge in [0.25, 0.3) is 0 Å². The van der Waals surface area contributed by atoms with Crippen molar-refractivity contribution < 1.29 is 9.59 Å². The Kier molecular flexibility index (Phi) is 5.35. The fourth-order valence-corrected chi connectivity index (χ4v) is 3.40. The van der Waals surface area contributed by atoms with Crippen LogP contribution in [0.3, 0.4) is 0 Å². The lowest BCUT2D eigenvalue weighted by Gasteiger charge is -2.22. The lowest BCUT2D eigenvalue weighted by molar-refractivity contribution is -0.134. The molecule has 5 nitrogen and oxygen atoms in total. The lowest BCUT2D eigenvalue weighted by atomic mass is 10.1. The molecule has 3 rings (SSSR count). The predicted molar refractivity (Wildman–Crippen MR) is 102 cm³/mol. The number of nitrogens with zero attached hydrogens (tertiary/aromatic N) is 3. The quantitative estimate of drug-likeness (QED) is 0.832. The van der Waals surface area contributed by atoms with Gasteiger partial charge in [-0.05, 0) is 55.2 Å². The number of rotatable bonds is 5. The Balaban J connectivity index is 1.64. The standard InChI is InChI=1S/C21H25N3O2/c1-15-5-4-6-19(16(15)2)24-14-18(13-20(24)25)21(26)23(3)12-9-17-7-10-22-11-8-17/h4-8,10-11,18H,9,12-14H2,1-3H3. The van der Waals surface area contributed by atoms with Gasteiger partial charge in [0.05, 0.1) is 5.92 Å². The van der Waals surface area contributed by atoms with E-state index in [9.17, 15) is 9.59 Å². The largest absolute Gasteiger partial charge is 0.345 e. The van der Waals surface area contributed by atoms with Gasteiger partial charge in [0.1, 0.15) is 0 Å². The highest BCUT2D eigenvalue weighted by atomic mass is 16.2. The van der Waals surface area contributed by atoms with Gasteiger partial charge in [0, 0.05) is 44.6 Å². The van der Waals surface area contributed by atoms with Crippen LogP contribution in [0.25, 0.3) is 0 Å². The first-order chi connectivity index (χ1) is 12.5. The summed E-state index contributed by atoms with van der Waals surface area (Å²) in [5.74, 6) is -0.204. The molecule has 136 valence electrons. The van der Waals surface area contributed by atoms with Crippen molar-refractivity contribution in [1.82, 2.24) is 9.88 Å². The average molecular weight is 351 g/mol. The van der Waals surface area contributed by atoms with Crippen LogP contribution in [0.4, 0.5) is 5.69 Å². The maximum absolute atomic E-state index is 12.8. The van der Waals surface area contributed by atoms with E-state index in [0.29, 0.717) is 13.1 Å². The minimum absolute atomic E-state index is 0.0274. The van der Waals surface area contributed by atoms with Crippen LogP contribution in [0.5, 0.6) is 0 Å². The molecule has 0 N–H and O–H groups in total. The summed E-state index contributed by atoms with van der Waals surface area (Å²) in [4.78, 5) is 32.8. The number of carbonyl (C=O) groups excluding carboxylic acids is 2. The van der Waals surface area contributed by atoms with E-state index in [2.05, 4.69) is 4.98 Å². The first-order valence-corrected chi connectivity index (χ1v) is 8.98. The lowest BCUT2D eigenvalue weighted by Crippen LogP contribution is -2.36. The molecule has 0 radical (unpaired) electrons. The highest BCUT2D eigenvalue weighted by Gasteiger charge is 2.36. The third-order valence-electron chi connectivity index (χ3n) is 5.20. The van der Waals surface area contributed by atoms with Crippen molar-refractivity contribution >= 4 is 17.5 Å². The van der Waals surface area contributed by atoms with E-state index in [1.807, 2.05) is 51.2 Å². The second kappa shape index (κ2) is 7.68. The van der Waals surface area contributed by atoms with Gasteiger partial charge in [-0.15, -0.1) is 0 Å². The molecule has 1 fully saturated rings. The van der Waals surface area contributed by atoms with Gasteiger partial charge < -0.3 is 9.80 Å². The normalized spacial score (nSPS) is 16.8. The van der Waals surface area contributed by atoms with Crippen LogP contribution in [-0.2, 0) is 16.0 Å². The van der Waals surface area contributed by atoms with Crippen LogP contribution in [0, 0.1) is 19.8 Å². The second-order valence-electron chi connectivity index (χ2n) is 6.99. The number of aromatic nitrogens is 1. The topological polar surface area (TPSA) is 53.5 Å². The van der Waals surface area contributed by atoms with E-state index in [4.69, 9.17) is 0 Å². The first kappa shape index (κ1) is 18.1. The van der Waals surface area contributed by atoms with Crippen LogP contribution < -0.4 is 4.90 Å². The maximum atomic E-state index is 12.8. The molecule has 1 aliphatic rings. The molecular weight excluding hydrogens is 326 g/mol. The van der Waals surface area contributed by atoms with Crippen molar-refractivity contribution in [3.63, 3.8) is 0 Å². The van der Waals surface area contributed by atoms with Gasteiger partial charge >= 0.3 is 0 Å². The summed E-state index contributed by atoms with van der Waals surface area (Å²) in [5.41, 5.74) is 4.32. The fourth-order valence-electron chi connectivity index (χ4n) is 3.40. The Bertz CT molecular complexity index is 804. The van der Waals surface area contributed by atoms with Crippen LogP contribution in [-0.4, -0.2) is 41.8 Å². The zero-order valence-corrected chi connectivity index (χ0v) is 15.6. The first-order valence-electron chi connectivity index (χ1n) is 8.98. The molecule has 26 heavy (non-hydrogen) atoms. The van der Waals surface area contributed by atoms with Gasteiger partial charge in [0.2, 0.25) is 11.8 Å². The fraction of sp³-hybridized carbons (Fsp3) is 0.381. The number of hydrogen-bond donors (Lipinski definition) is 0.